The average molecular weight is 284 g/mol. The van der Waals surface area contributed by atoms with Crippen LogP contribution in [0.1, 0.15) is 25.7 Å². The van der Waals surface area contributed by atoms with Gasteiger partial charge in [-0.2, -0.15) is 0 Å². The summed E-state index contributed by atoms with van der Waals surface area (Å²) in [5.74, 6) is 0. The molecule has 1 saturated carbocycles. The molecule has 0 atom stereocenters. The molecule has 2 N–H and O–H groups in total. The van der Waals surface area contributed by atoms with Gasteiger partial charge in [0, 0.05) is 30.2 Å². The van der Waals surface area contributed by atoms with Gasteiger partial charge in [-0.05, 0) is 37.8 Å². The van der Waals surface area contributed by atoms with Crippen molar-refractivity contribution in [2.24, 2.45) is 5.73 Å². The summed E-state index contributed by atoms with van der Waals surface area (Å²) in [5.41, 5.74) is 6.57. The van der Waals surface area contributed by atoms with Crippen molar-refractivity contribution < 1.29 is 4.92 Å². The van der Waals surface area contributed by atoms with Gasteiger partial charge in [-0.1, -0.05) is 11.6 Å². The van der Waals surface area contributed by atoms with Crippen LogP contribution in [0.3, 0.4) is 0 Å². The summed E-state index contributed by atoms with van der Waals surface area (Å²) in [7, 11) is 1.89. The van der Waals surface area contributed by atoms with Gasteiger partial charge in [0.05, 0.1) is 4.92 Å². The van der Waals surface area contributed by atoms with E-state index in [0.29, 0.717) is 10.7 Å². The average Bonchev–Trinajstić information content (AvgIpc) is 2.38. The maximum absolute atomic E-state index is 11.1. The third kappa shape index (κ3) is 3.16. The van der Waals surface area contributed by atoms with Crippen LogP contribution >= 0.6 is 11.6 Å². The Hall–Kier alpha value is -1.33. The molecule has 5 nitrogen and oxygen atoms in total. The molecule has 0 spiro atoms. The van der Waals surface area contributed by atoms with Crippen LogP contribution in [0.5, 0.6) is 0 Å². The summed E-state index contributed by atoms with van der Waals surface area (Å²) in [6.07, 6.45) is 3.84. The monoisotopic (exact) mass is 283 g/mol. The second-order valence-corrected chi connectivity index (χ2v) is 5.51. The summed E-state index contributed by atoms with van der Waals surface area (Å²) in [4.78, 5) is 12.7. The largest absolute Gasteiger partial charge is 0.366 e. The molecular formula is C13H18ClN3O2. The Bertz CT molecular complexity index is 473. The van der Waals surface area contributed by atoms with E-state index in [1.54, 1.807) is 12.1 Å². The maximum Gasteiger partial charge on any atom is 0.292 e. The Morgan fingerprint density at radius 1 is 1.37 bits per heavy atom. The van der Waals surface area contributed by atoms with E-state index in [1.807, 2.05) is 11.9 Å². The fourth-order valence-electron chi connectivity index (χ4n) is 2.62. The zero-order valence-corrected chi connectivity index (χ0v) is 11.6. The number of nitro benzene ring substituents is 1. The number of nitrogens with two attached hydrogens (primary N) is 1. The Labute approximate surface area is 117 Å². The van der Waals surface area contributed by atoms with Gasteiger partial charge < -0.3 is 10.6 Å². The summed E-state index contributed by atoms with van der Waals surface area (Å²) >= 11 is 5.96. The third-order valence-electron chi connectivity index (χ3n) is 3.80. The van der Waals surface area contributed by atoms with E-state index >= 15 is 0 Å². The Morgan fingerprint density at radius 2 is 2.00 bits per heavy atom. The lowest BCUT2D eigenvalue weighted by Crippen LogP contribution is -2.39. The van der Waals surface area contributed by atoms with E-state index in [4.69, 9.17) is 17.3 Å². The molecule has 0 unspecified atom stereocenters. The second kappa shape index (κ2) is 5.75. The lowest BCUT2D eigenvalue weighted by atomic mass is 9.90. The van der Waals surface area contributed by atoms with Crippen molar-refractivity contribution in [1.82, 2.24) is 0 Å². The van der Waals surface area contributed by atoms with Crippen LogP contribution in [-0.4, -0.2) is 24.1 Å². The van der Waals surface area contributed by atoms with Gasteiger partial charge in [0.15, 0.2) is 0 Å². The van der Waals surface area contributed by atoms with Gasteiger partial charge in [0.1, 0.15) is 5.69 Å². The zero-order chi connectivity index (χ0) is 14.0. The fourth-order valence-corrected chi connectivity index (χ4v) is 2.79. The summed E-state index contributed by atoms with van der Waals surface area (Å²) < 4.78 is 0. The molecule has 2 rings (SSSR count). The normalized spacial score (nSPS) is 23.1. The van der Waals surface area contributed by atoms with Crippen LogP contribution in [0.4, 0.5) is 11.4 Å². The van der Waals surface area contributed by atoms with Crippen molar-refractivity contribution in [3.8, 4) is 0 Å². The first-order valence-corrected chi connectivity index (χ1v) is 6.79. The van der Waals surface area contributed by atoms with Crippen LogP contribution in [0, 0.1) is 10.1 Å². The highest BCUT2D eigenvalue weighted by molar-refractivity contribution is 6.31. The number of nitro groups is 1. The summed E-state index contributed by atoms with van der Waals surface area (Å²) in [6, 6.07) is 5.22. The van der Waals surface area contributed by atoms with Crippen molar-refractivity contribution >= 4 is 23.0 Å². The molecule has 1 aromatic rings. The van der Waals surface area contributed by atoms with Crippen molar-refractivity contribution in [1.29, 1.82) is 0 Å². The molecule has 6 heteroatoms. The number of anilines is 1. The Balaban J connectivity index is 2.25. The third-order valence-corrected chi connectivity index (χ3v) is 4.04. The predicted octanol–water partition coefficient (Wildman–Crippen LogP) is 2.95. The van der Waals surface area contributed by atoms with Gasteiger partial charge >= 0.3 is 0 Å². The van der Waals surface area contributed by atoms with Crippen LogP contribution in [0.15, 0.2) is 18.2 Å². The molecule has 1 fully saturated rings. The van der Waals surface area contributed by atoms with Gasteiger partial charge in [-0.25, -0.2) is 0 Å². The minimum Gasteiger partial charge on any atom is -0.366 e. The number of hydrogen-bond acceptors (Lipinski definition) is 4. The van der Waals surface area contributed by atoms with Crippen molar-refractivity contribution in [2.45, 2.75) is 37.8 Å². The van der Waals surface area contributed by atoms with E-state index in [2.05, 4.69) is 0 Å². The van der Waals surface area contributed by atoms with E-state index in [0.717, 1.165) is 25.7 Å². The quantitative estimate of drug-likeness (QED) is 0.684. The fraction of sp³-hybridized carbons (Fsp3) is 0.538. The van der Waals surface area contributed by atoms with Gasteiger partial charge in [0.2, 0.25) is 0 Å². The lowest BCUT2D eigenvalue weighted by Gasteiger charge is -2.34. The van der Waals surface area contributed by atoms with Crippen molar-refractivity contribution in [3.63, 3.8) is 0 Å². The molecule has 19 heavy (non-hydrogen) atoms. The molecule has 0 saturated heterocycles. The molecule has 0 heterocycles. The summed E-state index contributed by atoms with van der Waals surface area (Å²) in [6.45, 7) is 0. The van der Waals surface area contributed by atoms with E-state index in [-0.39, 0.29) is 22.7 Å². The van der Waals surface area contributed by atoms with E-state index in [1.165, 1.54) is 6.07 Å². The number of hydrogen-bond donors (Lipinski definition) is 1. The first kappa shape index (κ1) is 14.1. The summed E-state index contributed by atoms with van der Waals surface area (Å²) in [5, 5.41) is 11.6. The standard InChI is InChI=1S/C13H18ClN3O2/c1-16(11-5-3-10(15)4-6-11)13-8-9(14)2-7-12(13)17(18)19/h2,7-8,10-11H,3-6,15H2,1H3. The van der Waals surface area contributed by atoms with Gasteiger partial charge in [-0.15, -0.1) is 0 Å². The van der Waals surface area contributed by atoms with Crippen LogP contribution in [0.2, 0.25) is 5.02 Å². The van der Waals surface area contributed by atoms with Crippen LogP contribution in [-0.2, 0) is 0 Å². The molecule has 1 aromatic carbocycles. The van der Waals surface area contributed by atoms with Gasteiger partial charge in [-0.3, -0.25) is 10.1 Å². The molecule has 0 aliphatic heterocycles. The van der Waals surface area contributed by atoms with Crippen LogP contribution < -0.4 is 10.6 Å². The predicted molar refractivity (Wildman–Crippen MR) is 76.7 cm³/mol. The SMILES string of the molecule is CN(c1cc(Cl)ccc1[N+](=O)[O-])C1CCC(N)CC1. The maximum atomic E-state index is 11.1. The van der Waals surface area contributed by atoms with E-state index < -0.39 is 0 Å². The number of nitrogens with zero attached hydrogens (tertiary/aromatic N) is 2. The number of halogens is 1. The first-order chi connectivity index (χ1) is 8.99. The molecule has 0 radical (unpaired) electrons. The molecule has 104 valence electrons. The highest BCUT2D eigenvalue weighted by Gasteiger charge is 2.26. The molecular weight excluding hydrogens is 266 g/mol. The Kier molecular flexibility index (Phi) is 4.27. The minimum absolute atomic E-state index is 0.0989. The topological polar surface area (TPSA) is 72.4 Å². The van der Waals surface area contributed by atoms with Crippen molar-refractivity contribution in [2.75, 3.05) is 11.9 Å². The number of benzene rings is 1. The molecule has 0 bridgehead atoms. The second-order valence-electron chi connectivity index (χ2n) is 5.07. The first-order valence-electron chi connectivity index (χ1n) is 6.41. The van der Waals surface area contributed by atoms with Crippen molar-refractivity contribution in [3.05, 3.63) is 33.3 Å². The molecule has 1 aliphatic rings. The minimum atomic E-state index is -0.364. The molecule has 1 aliphatic carbocycles. The zero-order valence-electron chi connectivity index (χ0n) is 10.9. The number of rotatable bonds is 3. The highest BCUT2D eigenvalue weighted by atomic mass is 35.5. The lowest BCUT2D eigenvalue weighted by molar-refractivity contribution is -0.384. The smallest absolute Gasteiger partial charge is 0.292 e. The van der Waals surface area contributed by atoms with Gasteiger partial charge in [0.25, 0.3) is 5.69 Å². The Morgan fingerprint density at radius 3 is 2.58 bits per heavy atom. The van der Waals surface area contributed by atoms with E-state index in [9.17, 15) is 10.1 Å². The highest BCUT2D eigenvalue weighted by Crippen LogP contribution is 2.34. The molecule has 0 aromatic heterocycles. The van der Waals surface area contributed by atoms with Crippen LogP contribution in [0.25, 0.3) is 0 Å². The molecule has 0 amide bonds.